The molecule has 0 bridgehead atoms. The topological polar surface area (TPSA) is 165 Å². The van der Waals surface area contributed by atoms with E-state index in [0.29, 0.717) is 60.4 Å². The molecule has 0 aromatic heterocycles. The van der Waals surface area contributed by atoms with Gasteiger partial charge >= 0.3 is 0 Å². The van der Waals surface area contributed by atoms with Crippen LogP contribution >= 0.6 is 0 Å². The van der Waals surface area contributed by atoms with Crippen LogP contribution in [0.25, 0.3) is 0 Å². The van der Waals surface area contributed by atoms with Gasteiger partial charge in [-0.25, -0.2) is 0 Å². The molecule has 0 N–H and O–H groups in total. The van der Waals surface area contributed by atoms with E-state index in [1.54, 1.807) is 21.7 Å². The number of ether oxygens (including phenoxy) is 3. The maximum Gasteiger partial charge on any atom is 0.241 e. The molecule has 0 aliphatic carbocycles. The molecule has 11 aliphatic heterocycles. The molecule has 129 heavy (non-hydrogen) atoms. The number of rotatable bonds is 16. The molecule has 0 saturated carbocycles. The summed E-state index contributed by atoms with van der Waals surface area (Å²) in [5.74, 6) is 4.51. The lowest BCUT2D eigenvalue weighted by atomic mass is 9.93. The Labute approximate surface area is 798 Å². The van der Waals surface area contributed by atoms with Gasteiger partial charge in [-0.15, -0.1) is 0 Å². The standard InChI is InChI=1S/C11H23N.C10H20N2O.2C10H22N2.C10H21N.C9H16N2O2.C9H18N2O.C9H17NO2.2C9H19NO.C9H19N/c1-10-5-7-12(8-6-10)9-11(2,3)4;1-10(2,3)8-12-6-5-11(4)9(13)7-12;1-10(2,3)9-12-7-5-11(4)6-8-12;1-10(2)4-5-12-8-6-11(3)7-9-12;1-10(2)6-9-11-7-4-3-5-8-11;1-7(2)9(13)11-5-4-10(3)8(12)6-11;1-8(2)9(12)11-6-4-10(3)5-7-11;1-9(2,3)8(11)10-4-6-12-7-5-10;1-9(2,3)8-10-4-6-11-7-5-10;1-9(2)3-4-10-5-7-11-8-6-10;1-9(2,3)8-10-6-4-5-7-10/h10H,5-9H2,1-4H3;5-8H2,1-4H3;5-9H2,1-4H3;10H,4-9H2,1-3H3;10H,3-9H2,1-2H3;7H,4-6H2,1-3H3;8H,4-7H2,1-3H3;4-7H2,1-3H3;4-8H2,1-3H3;9H,3-8H2,1-2H3;4-8H2,1-3H3. The van der Waals surface area contributed by atoms with Gasteiger partial charge in [0.25, 0.3) is 0 Å². The first-order valence-electron chi connectivity index (χ1n) is 51.8. The molecule has 0 atom stereocenters. The van der Waals surface area contributed by atoms with E-state index in [2.05, 4.69) is 227 Å². The maximum absolute atomic E-state index is 11.7. The normalized spacial score (nSPS) is 21.1. The van der Waals surface area contributed by atoms with Gasteiger partial charge in [0, 0.05) is 208 Å². The lowest BCUT2D eigenvalue weighted by Gasteiger charge is -2.36. The fourth-order valence-electron chi connectivity index (χ4n) is 16.6. The second-order valence-corrected chi connectivity index (χ2v) is 48.5. The Kier molecular flexibility index (Phi) is 62.9. The zero-order chi connectivity index (χ0) is 97.9. The summed E-state index contributed by atoms with van der Waals surface area (Å²) in [4.78, 5) is 93.5. The van der Waals surface area contributed by atoms with Crippen molar-refractivity contribution in [1.29, 1.82) is 0 Å². The van der Waals surface area contributed by atoms with Crippen LogP contribution in [0, 0.1) is 68.0 Å². The predicted octanol–water partition coefficient (Wildman–Crippen LogP) is 14.8. The van der Waals surface area contributed by atoms with E-state index in [-0.39, 0.29) is 52.8 Å². The van der Waals surface area contributed by atoms with Gasteiger partial charge < -0.3 is 77.9 Å². The first-order valence-corrected chi connectivity index (χ1v) is 51.8. The molecule has 24 heteroatoms. The highest BCUT2D eigenvalue weighted by atomic mass is 16.5. The molecule has 11 rings (SSSR count). The number of hydrogen-bond acceptors (Lipinski definition) is 19. The van der Waals surface area contributed by atoms with Crippen molar-refractivity contribution >= 4 is 29.5 Å². The minimum absolute atomic E-state index is 0.0174. The molecule has 11 fully saturated rings. The van der Waals surface area contributed by atoms with E-state index in [9.17, 15) is 24.0 Å². The monoisotopic (exact) mass is 1830 g/mol. The van der Waals surface area contributed by atoms with Crippen LogP contribution < -0.4 is 0 Å². The number of piperazine rings is 5. The average Bonchev–Trinajstić information content (AvgIpc) is 0.966. The molecule has 11 heterocycles. The Balaban J connectivity index is 0.000000710. The van der Waals surface area contributed by atoms with Crippen molar-refractivity contribution in [3.63, 3.8) is 0 Å². The summed E-state index contributed by atoms with van der Waals surface area (Å²) in [6.45, 7) is 111. The van der Waals surface area contributed by atoms with Gasteiger partial charge in [0.05, 0.1) is 52.7 Å². The first-order chi connectivity index (χ1) is 59.9. The number of likely N-dealkylation sites (N-methyl/N-ethyl adjacent to an activating group) is 5. The molecule has 764 valence electrons. The van der Waals surface area contributed by atoms with Crippen molar-refractivity contribution in [2.75, 3.05) is 324 Å². The molecule has 0 spiro atoms. The minimum atomic E-state index is -0.253. The average molecular weight is 1830 g/mol. The van der Waals surface area contributed by atoms with E-state index >= 15 is 0 Å². The van der Waals surface area contributed by atoms with Gasteiger partial charge in [-0.3, -0.25) is 38.7 Å². The zero-order valence-electron chi connectivity index (χ0n) is 91.6. The second kappa shape index (κ2) is 65.6. The quantitative estimate of drug-likeness (QED) is 0.143. The van der Waals surface area contributed by atoms with Crippen molar-refractivity contribution in [1.82, 2.24) is 78.4 Å². The molecule has 5 amide bonds. The smallest absolute Gasteiger partial charge is 0.241 e. The Morgan fingerprint density at radius 3 is 0.907 bits per heavy atom. The lowest BCUT2D eigenvalue weighted by Crippen LogP contribution is -2.51. The highest BCUT2D eigenvalue weighted by Gasteiger charge is 2.31. The number of nitrogens with zero attached hydrogens (tertiary/aromatic N) is 16. The van der Waals surface area contributed by atoms with Crippen LogP contribution in [0.2, 0.25) is 0 Å². The lowest BCUT2D eigenvalue weighted by molar-refractivity contribution is -0.145. The van der Waals surface area contributed by atoms with Crippen LogP contribution in [-0.2, 0) is 38.2 Å². The summed E-state index contributed by atoms with van der Waals surface area (Å²) in [7, 11) is 10.1. The molecule has 0 aromatic rings. The second-order valence-electron chi connectivity index (χ2n) is 48.5. The SMILES string of the molecule is CC(C)(C)C(=O)N1CCOCC1.CC(C)(C)CN1CCCC1.CC(C)(C)CN1CCOCC1.CC(C)C(=O)N1CCN(C)C(=O)C1.CC(C)C(=O)N1CCN(C)CC1.CC(C)CCN1CCCCC1.CC(C)CCN1CCN(C)CC1.CC(C)CCN1CCOCC1.CC1CCN(CC(C)(C)C)CC1.CN1CCN(CC(C)(C)C)CC1.CN1CCN(CC(C)(C)C)CC1=O. The molecular weight excluding hydrogens is 1610 g/mol. The highest BCUT2D eigenvalue weighted by molar-refractivity contribution is 5.86. The largest absolute Gasteiger partial charge is 0.379 e. The number of piperidine rings is 2. The summed E-state index contributed by atoms with van der Waals surface area (Å²) in [5, 5.41) is 0. The molecule has 11 aliphatic rings. The summed E-state index contributed by atoms with van der Waals surface area (Å²) < 4.78 is 15.7. The number of likely N-dealkylation sites (tertiary alicyclic amines) is 3. The Hall–Kier alpha value is -3.21. The highest BCUT2D eigenvalue weighted by Crippen LogP contribution is 2.25. The van der Waals surface area contributed by atoms with E-state index < -0.39 is 0 Å². The summed E-state index contributed by atoms with van der Waals surface area (Å²) in [5.41, 5.74) is 1.88. The third-order valence-electron chi connectivity index (χ3n) is 24.5. The maximum atomic E-state index is 11.7. The molecule has 0 unspecified atom stereocenters. The van der Waals surface area contributed by atoms with Crippen LogP contribution in [0.15, 0.2) is 0 Å². The minimum Gasteiger partial charge on any atom is -0.379 e. The molecule has 0 radical (unpaired) electrons. The fraction of sp³-hybridized carbons (Fsp3) is 0.952. The van der Waals surface area contributed by atoms with Crippen LogP contribution in [0.4, 0.5) is 0 Å². The predicted molar refractivity (Wildman–Crippen MR) is 548 cm³/mol. The number of amides is 5. The van der Waals surface area contributed by atoms with Crippen molar-refractivity contribution in [3.8, 4) is 0 Å². The Morgan fingerprint density at radius 2 is 0.558 bits per heavy atom. The van der Waals surface area contributed by atoms with E-state index in [1.165, 1.54) is 202 Å². The van der Waals surface area contributed by atoms with Crippen LogP contribution in [0.3, 0.4) is 0 Å². The van der Waals surface area contributed by atoms with Gasteiger partial charge in [-0.05, 0) is 189 Å². The summed E-state index contributed by atoms with van der Waals surface area (Å²) in [6, 6.07) is 0. The van der Waals surface area contributed by atoms with Crippen molar-refractivity contribution in [2.24, 2.45) is 68.0 Å². The van der Waals surface area contributed by atoms with Crippen LogP contribution in [-0.4, -0.2) is 432 Å². The van der Waals surface area contributed by atoms with Crippen LogP contribution in [0.5, 0.6) is 0 Å². The molecule has 24 nitrogen and oxygen atoms in total. The van der Waals surface area contributed by atoms with E-state index in [0.717, 1.165) is 135 Å². The zero-order valence-corrected chi connectivity index (χ0v) is 91.6. The third-order valence-corrected chi connectivity index (χ3v) is 24.5. The fourth-order valence-corrected chi connectivity index (χ4v) is 16.6. The first kappa shape index (κ1) is 124. The van der Waals surface area contributed by atoms with Gasteiger partial charge in [0.2, 0.25) is 29.5 Å². The number of hydrogen-bond donors (Lipinski definition) is 0. The summed E-state index contributed by atoms with van der Waals surface area (Å²) >= 11 is 0. The van der Waals surface area contributed by atoms with Gasteiger partial charge in [0.1, 0.15) is 0 Å². The van der Waals surface area contributed by atoms with Gasteiger partial charge in [-0.2, -0.15) is 0 Å². The number of carbonyl (C=O) groups excluding carboxylic acids is 5. The number of morpholine rings is 3. The Morgan fingerprint density at radius 1 is 0.295 bits per heavy atom. The molecular formula is C105H216N16O8. The van der Waals surface area contributed by atoms with Gasteiger partial charge in [0.15, 0.2) is 0 Å². The van der Waals surface area contributed by atoms with Crippen LogP contribution in [0.1, 0.15) is 265 Å². The van der Waals surface area contributed by atoms with E-state index in [4.69, 9.17) is 14.2 Å². The Bertz CT molecular complexity index is 2760. The van der Waals surface area contributed by atoms with Crippen molar-refractivity contribution < 1.29 is 38.2 Å². The van der Waals surface area contributed by atoms with E-state index in [1.807, 2.05) is 65.3 Å². The molecule has 11 saturated heterocycles. The summed E-state index contributed by atoms with van der Waals surface area (Å²) in [6.07, 6.45) is 14.0. The van der Waals surface area contributed by atoms with Crippen molar-refractivity contribution in [3.05, 3.63) is 0 Å². The van der Waals surface area contributed by atoms with Gasteiger partial charge in [-0.1, -0.05) is 207 Å². The number of carbonyl (C=O) groups is 5. The van der Waals surface area contributed by atoms with Crippen molar-refractivity contribution in [2.45, 2.75) is 265 Å². The molecule has 0 aromatic carbocycles. The third kappa shape index (κ3) is 66.8.